The molecule has 4 nitrogen and oxygen atoms in total. The molecule has 0 radical (unpaired) electrons. The molecule has 6 heteroatoms. The number of amides is 1. The summed E-state index contributed by atoms with van der Waals surface area (Å²) in [5, 5.41) is 9.69. The number of hydrogen-bond donors (Lipinski definition) is 2. The summed E-state index contributed by atoms with van der Waals surface area (Å²) in [7, 11) is 1.59. The van der Waals surface area contributed by atoms with Crippen molar-refractivity contribution in [3.8, 4) is 0 Å². The molecular weight excluding hydrogens is 263 g/mol. The average Bonchev–Trinajstić information content (AvgIpc) is 2.23. The molecule has 94 valence electrons. The topological polar surface area (TPSA) is 66.6 Å². The van der Waals surface area contributed by atoms with Gasteiger partial charge in [-0.15, -0.1) is 0 Å². The molecule has 1 amide bonds. The zero-order chi connectivity index (χ0) is 13.2. The number of carbonyl (C=O) groups excluding carboxylic acids is 1. The van der Waals surface area contributed by atoms with Gasteiger partial charge in [0, 0.05) is 19.2 Å². The highest BCUT2D eigenvalue weighted by atomic mass is 35.5. The normalized spacial score (nSPS) is 12.3. The Kier molecular flexibility index (Phi) is 4.62. The number of nitrogens with zero attached hydrogens (tertiary/aromatic N) is 1. The molecule has 0 saturated carbocycles. The molecule has 1 rings (SSSR count). The highest BCUT2D eigenvalue weighted by molar-refractivity contribution is 6.39. The number of aliphatic hydroxyl groups excluding tert-OH is 1. The van der Waals surface area contributed by atoms with Crippen LogP contribution in [0.25, 0.3) is 0 Å². The van der Waals surface area contributed by atoms with Gasteiger partial charge in [0.25, 0.3) is 5.91 Å². The molecule has 0 aromatic heterocycles. The van der Waals surface area contributed by atoms with E-state index in [1.54, 1.807) is 14.0 Å². The van der Waals surface area contributed by atoms with Gasteiger partial charge < -0.3 is 15.7 Å². The Morgan fingerprint density at radius 3 is 2.35 bits per heavy atom. The molecule has 1 unspecified atom stereocenters. The van der Waals surface area contributed by atoms with Crippen LogP contribution < -0.4 is 5.73 Å². The number of rotatable bonds is 3. The first kappa shape index (κ1) is 14.1. The first-order chi connectivity index (χ1) is 7.82. The lowest BCUT2D eigenvalue weighted by molar-refractivity contribution is 0.0704. The molecule has 1 aromatic rings. The lowest BCUT2D eigenvalue weighted by atomic mass is 10.1. The lowest BCUT2D eigenvalue weighted by Gasteiger charge is -2.19. The van der Waals surface area contributed by atoms with Crippen LogP contribution in [0.2, 0.25) is 10.0 Å². The Morgan fingerprint density at radius 1 is 1.47 bits per heavy atom. The van der Waals surface area contributed by atoms with Gasteiger partial charge in [0.15, 0.2) is 0 Å². The molecule has 0 bridgehead atoms. The molecule has 17 heavy (non-hydrogen) atoms. The maximum atomic E-state index is 12.0. The van der Waals surface area contributed by atoms with Gasteiger partial charge in [-0.25, -0.2) is 0 Å². The number of nitrogens with two attached hydrogens (primary N) is 1. The fourth-order valence-corrected chi connectivity index (χ4v) is 1.89. The number of benzene rings is 1. The van der Waals surface area contributed by atoms with Gasteiger partial charge in [-0.2, -0.15) is 0 Å². The minimum absolute atomic E-state index is 0.235. The molecule has 0 aliphatic rings. The maximum absolute atomic E-state index is 12.0. The van der Waals surface area contributed by atoms with E-state index in [2.05, 4.69) is 0 Å². The smallest absolute Gasteiger partial charge is 0.253 e. The Labute approximate surface area is 110 Å². The number of hydrogen-bond acceptors (Lipinski definition) is 3. The van der Waals surface area contributed by atoms with E-state index >= 15 is 0 Å². The van der Waals surface area contributed by atoms with Gasteiger partial charge in [-0.1, -0.05) is 23.2 Å². The zero-order valence-electron chi connectivity index (χ0n) is 9.58. The van der Waals surface area contributed by atoms with Crippen LogP contribution in [0.1, 0.15) is 17.3 Å². The fourth-order valence-electron chi connectivity index (χ4n) is 1.41. The second-order valence-electron chi connectivity index (χ2n) is 3.89. The summed E-state index contributed by atoms with van der Waals surface area (Å²) in [5.41, 5.74) is 6.18. The van der Waals surface area contributed by atoms with Crippen molar-refractivity contribution in [2.45, 2.75) is 13.0 Å². The highest BCUT2D eigenvalue weighted by Crippen LogP contribution is 2.29. The second kappa shape index (κ2) is 5.58. The van der Waals surface area contributed by atoms with Crippen LogP contribution in [0.3, 0.4) is 0 Å². The summed E-state index contributed by atoms with van der Waals surface area (Å²) < 4.78 is 0. The van der Waals surface area contributed by atoms with Gasteiger partial charge in [0.2, 0.25) is 0 Å². The summed E-state index contributed by atoms with van der Waals surface area (Å²) in [4.78, 5) is 13.3. The summed E-state index contributed by atoms with van der Waals surface area (Å²) in [6.07, 6.45) is -0.594. The van der Waals surface area contributed by atoms with E-state index in [4.69, 9.17) is 28.9 Å². The van der Waals surface area contributed by atoms with Crippen molar-refractivity contribution < 1.29 is 9.90 Å². The van der Waals surface area contributed by atoms with Crippen molar-refractivity contribution in [1.29, 1.82) is 0 Å². The van der Waals surface area contributed by atoms with Crippen LogP contribution in [0, 0.1) is 0 Å². The van der Waals surface area contributed by atoms with Crippen molar-refractivity contribution in [3.63, 3.8) is 0 Å². The summed E-state index contributed by atoms with van der Waals surface area (Å²) in [6.45, 7) is 1.84. The van der Waals surface area contributed by atoms with Crippen LogP contribution >= 0.6 is 23.2 Å². The van der Waals surface area contributed by atoms with E-state index < -0.39 is 6.10 Å². The molecule has 0 heterocycles. The van der Waals surface area contributed by atoms with Crippen LogP contribution in [-0.2, 0) is 0 Å². The van der Waals surface area contributed by atoms with Crippen LogP contribution in [0.5, 0.6) is 0 Å². The Hall–Kier alpha value is -0.970. The third-order valence-corrected chi connectivity index (χ3v) is 2.84. The van der Waals surface area contributed by atoms with Gasteiger partial charge in [-0.3, -0.25) is 4.79 Å². The minimum atomic E-state index is -0.594. The van der Waals surface area contributed by atoms with Crippen molar-refractivity contribution in [2.24, 2.45) is 0 Å². The van der Waals surface area contributed by atoms with E-state index in [0.717, 1.165) is 0 Å². The first-order valence-corrected chi connectivity index (χ1v) is 5.76. The van der Waals surface area contributed by atoms with Gasteiger partial charge in [0.1, 0.15) is 0 Å². The predicted molar refractivity (Wildman–Crippen MR) is 69.5 cm³/mol. The van der Waals surface area contributed by atoms with E-state index in [9.17, 15) is 9.90 Å². The molecular formula is C11H14Cl2N2O2. The van der Waals surface area contributed by atoms with E-state index in [1.807, 2.05) is 0 Å². The average molecular weight is 277 g/mol. The fraction of sp³-hybridized carbons (Fsp3) is 0.364. The summed E-state index contributed by atoms with van der Waals surface area (Å²) >= 11 is 11.7. The molecule has 0 aliphatic carbocycles. The quantitative estimate of drug-likeness (QED) is 0.831. The lowest BCUT2D eigenvalue weighted by Crippen LogP contribution is -2.33. The SMILES string of the molecule is CC(O)CN(C)C(=O)c1cc(Cl)c(N)c(Cl)c1. The van der Waals surface area contributed by atoms with E-state index in [-0.39, 0.29) is 28.2 Å². The minimum Gasteiger partial charge on any atom is -0.396 e. The molecule has 0 saturated heterocycles. The maximum Gasteiger partial charge on any atom is 0.253 e. The third-order valence-electron chi connectivity index (χ3n) is 2.21. The molecule has 3 N–H and O–H groups in total. The molecule has 0 aliphatic heterocycles. The number of likely N-dealkylation sites (N-methyl/N-ethyl adjacent to an activating group) is 1. The van der Waals surface area contributed by atoms with Gasteiger partial charge in [-0.05, 0) is 19.1 Å². The van der Waals surface area contributed by atoms with Crippen molar-refractivity contribution in [2.75, 3.05) is 19.3 Å². The molecule has 1 aromatic carbocycles. The number of anilines is 1. The van der Waals surface area contributed by atoms with Crippen molar-refractivity contribution in [1.82, 2.24) is 4.90 Å². The van der Waals surface area contributed by atoms with Crippen molar-refractivity contribution in [3.05, 3.63) is 27.7 Å². The summed E-state index contributed by atoms with van der Waals surface area (Å²) in [5.74, 6) is -0.269. The Bertz CT molecular complexity index is 412. The van der Waals surface area contributed by atoms with Gasteiger partial charge >= 0.3 is 0 Å². The predicted octanol–water partition coefficient (Wildman–Crippen LogP) is 2.03. The number of aliphatic hydroxyl groups is 1. The Morgan fingerprint density at radius 2 is 1.94 bits per heavy atom. The highest BCUT2D eigenvalue weighted by Gasteiger charge is 2.16. The first-order valence-electron chi connectivity index (χ1n) is 5.01. The molecule has 0 spiro atoms. The number of halogens is 2. The van der Waals surface area contributed by atoms with Crippen LogP contribution in [0.4, 0.5) is 5.69 Å². The number of carbonyl (C=O) groups is 1. The van der Waals surface area contributed by atoms with Gasteiger partial charge in [0.05, 0.1) is 21.8 Å². The largest absolute Gasteiger partial charge is 0.396 e. The van der Waals surface area contributed by atoms with Crippen LogP contribution in [0.15, 0.2) is 12.1 Å². The molecule has 1 atom stereocenters. The summed E-state index contributed by atoms with van der Waals surface area (Å²) in [6, 6.07) is 2.92. The zero-order valence-corrected chi connectivity index (χ0v) is 11.1. The third kappa shape index (κ3) is 3.49. The number of nitrogen functional groups attached to an aromatic ring is 1. The van der Waals surface area contributed by atoms with E-state index in [0.29, 0.717) is 5.56 Å². The standard InChI is InChI=1S/C11H14Cl2N2O2/c1-6(16)5-15(2)11(17)7-3-8(12)10(14)9(13)4-7/h3-4,6,16H,5,14H2,1-2H3. The van der Waals surface area contributed by atoms with Crippen molar-refractivity contribution >= 4 is 34.8 Å². The monoisotopic (exact) mass is 276 g/mol. The van der Waals surface area contributed by atoms with Crippen LogP contribution in [-0.4, -0.2) is 35.6 Å². The Balaban J connectivity index is 2.97. The molecule has 0 fully saturated rings. The van der Waals surface area contributed by atoms with E-state index in [1.165, 1.54) is 17.0 Å². The second-order valence-corrected chi connectivity index (χ2v) is 4.70.